The number of likely N-dealkylation sites (tertiary alicyclic amines) is 1. The van der Waals surface area contributed by atoms with Crippen LogP contribution in [0.15, 0.2) is 29.0 Å². The summed E-state index contributed by atoms with van der Waals surface area (Å²) in [5, 5.41) is 7.03. The summed E-state index contributed by atoms with van der Waals surface area (Å²) in [6.45, 7) is 5.21. The van der Waals surface area contributed by atoms with Crippen molar-refractivity contribution in [2.24, 2.45) is 5.41 Å². The molecule has 2 aromatic heterocycles. The summed E-state index contributed by atoms with van der Waals surface area (Å²) in [4.78, 5) is 23.0. The third-order valence-electron chi connectivity index (χ3n) is 5.41. The summed E-state index contributed by atoms with van der Waals surface area (Å²) in [6, 6.07) is 3.71. The molecule has 8 nitrogen and oxygen atoms in total. The van der Waals surface area contributed by atoms with Gasteiger partial charge >= 0.3 is 6.03 Å². The van der Waals surface area contributed by atoms with Gasteiger partial charge in [-0.05, 0) is 31.9 Å². The molecule has 2 fully saturated rings. The van der Waals surface area contributed by atoms with E-state index in [1.165, 1.54) is 0 Å². The quantitative estimate of drug-likeness (QED) is 0.904. The Labute approximate surface area is 151 Å². The maximum absolute atomic E-state index is 12.4. The molecule has 1 atom stereocenters. The topological polar surface area (TPSA) is 93.4 Å². The standard InChI is InChI=1S/C18H23N5O3/c1-2-20-17(24)23-11-14(18(12-23)5-8-25-9-6-18)16-21-15(22-26-16)13-4-3-7-19-10-13/h3-4,7,10,14H,2,5-6,8-9,11-12H2,1H3,(H,20,24)/t14-/m1/s1. The SMILES string of the molecule is CCNC(=O)N1C[C@H](c2nc(-c3cccnc3)no2)C2(CCOCC2)C1. The van der Waals surface area contributed by atoms with Crippen molar-refractivity contribution in [2.45, 2.75) is 25.7 Å². The van der Waals surface area contributed by atoms with Crippen LogP contribution in [0.3, 0.4) is 0 Å². The van der Waals surface area contributed by atoms with Gasteiger partial charge in [0.05, 0.1) is 5.92 Å². The Morgan fingerprint density at radius 1 is 1.42 bits per heavy atom. The van der Waals surface area contributed by atoms with E-state index in [0.29, 0.717) is 44.6 Å². The zero-order valence-corrected chi connectivity index (χ0v) is 14.9. The largest absolute Gasteiger partial charge is 0.381 e. The van der Waals surface area contributed by atoms with Crippen LogP contribution in [0.2, 0.25) is 0 Å². The molecule has 0 aromatic carbocycles. The van der Waals surface area contributed by atoms with E-state index in [2.05, 4.69) is 20.4 Å². The predicted molar refractivity (Wildman–Crippen MR) is 93.4 cm³/mol. The molecule has 2 aliphatic heterocycles. The Morgan fingerprint density at radius 2 is 2.27 bits per heavy atom. The van der Waals surface area contributed by atoms with Gasteiger partial charge in [0.15, 0.2) is 0 Å². The van der Waals surface area contributed by atoms with Gasteiger partial charge in [0.2, 0.25) is 11.7 Å². The Hall–Kier alpha value is -2.48. The van der Waals surface area contributed by atoms with E-state index >= 15 is 0 Å². The van der Waals surface area contributed by atoms with Gasteiger partial charge in [-0.25, -0.2) is 4.79 Å². The van der Waals surface area contributed by atoms with E-state index in [9.17, 15) is 4.79 Å². The number of pyridine rings is 1. The van der Waals surface area contributed by atoms with Gasteiger partial charge in [0.25, 0.3) is 0 Å². The monoisotopic (exact) mass is 357 g/mol. The van der Waals surface area contributed by atoms with Crippen LogP contribution in [0.1, 0.15) is 31.6 Å². The number of amides is 2. The maximum atomic E-state index is 12.4. The fourth-order valence-corrected chi connectivity index (χ4v) is 4.00. The minimum atomic E-state index is -0.0674. The number of carbonyl (C=O) groups is 1. The second-order valence-electron chi connectivity index (χ2n) is 6.94. The molecule has 4 rings (SSSR count). The van der Waals surface area contributed by atoms with Crippen molar-refractivity contribution < 1.29 is 14.1 Å². The first-order chi connectivity index (χ1) is 12.7. The van der Waals surface area contributed by atoms with Crippen molar-refractivity contribution in [2.75, 3.05) is 32.8 Å². The predicted octanol–water partition coefficient (Wildman–Crippen LogP) is 2.06. The molecule has 1 N–H and O–H groups in total. The molecule has 26 heavy (non-hydrogen) atoms. The zero-order chi connectivity index (χ0) is 18.0. The van der Waals surface area contributed by atoms with Crippen molar-refractivity contribution in [1.29, 1.82) is 0 Å². The molecule has 2 aliphatic rings. The number of rotatable bonds is 3. The molecular formula is C18H23N5O3. The maximum Gasteiger partial charge on any atom is 0.317 e. The molecule has 4 heterocycles. The van der Waals surface area contributed by atoms with Gasteiger partial charge in [-0.2, -0.15) is 4.98 Å². The lowest BCUT2D eigenvalue weighted by Gasteiger charge is -2.36. The van der Waals surface area contributed by atoms with Crippen LogP contribution in [-0.2, 0) is 4.74 Å². The molecule has 0 unspecified atom stereocenters. The first-order valence-corrected chi connectivity index (χ1v) is 9.06. The Morgan fingerprint density at radius 3 is 3.00 bits per heavy atom. The highest BCUT2D eigenvalue weighted by Crippen LogP contribution is 2.49. The number of ether oxygens (including phenoxy) is 1. The molecule has 138 valence electrons. The minimum Gasteiger partial charge on any atom is -0.381 e. The van der Waals surface area contributed by atoms with Crippen molar-refractivity contribution in [3.05, 3.63) is 30.4 Å². The summed E-state index contributed by atoms with van der Waals surface area (Å²) in [6.07, 6.45) is 5.20. The van der Waals surface area contributed by atoms with Crippen LogP contribution in [0.5, 0.6) is 0 Å². The van der Waals surface area contributed by atoms with Crippen LogP contribution in [0.25, 0.3) is 11.4 Å². The molecule has 2 amide bonds. The average molecular weight is 357 g/mol. The highest BCUT2D eigenvalue weighted by molar-refractivity contribution is 5.74. The molecule has 2 aromatic rings. The molecule has 8 heteroatoms. The van der Waals surface area contributed by atoms with E-state index in [0.717, 1.165) is 18.4 Å². The summed E-state index contributed by atoms with van der Waals surface area (Å²) < 4.78 is 11.2. The molecule has 1 spiro atoms. The number of urea groups is 1. The fourth-order valence-electron chi connectivity index (χ4n) is 4.00. The second-order valence-corrected chi connectivity index (χ2v) is 6.94. The third-order valence-corrected chi connectivity index (χ3v) is 5.41. The number of aromatic nitrogens is 3. The van der Waals surface area contributed by atoms with Crippen molar-refractivity contribution in [1.82, 2.24) is 25.3 Å². The van der Waals surface area contributed by atoms with Gasteiger partial charge in [-0.15, -0.1) is 0 Å². The van der Waals surface area contributed by atoms with Gasteiger partial charge < -0.3 is 19.5 Å². The van der Waals surface area contributed by atoms with Gasteiger partial charge in [-0.3, -0.25) is 4.98 Å². The molecular weight excluding hydrogens is 334 g/mol. The van der Waals surface area contributed by atoms with Gasteiger partial charge in [0, 0.05) is 56.2 Å². The summed E-state index contributed by atoms with van der Waals surface area (Å²) in [5.74, 6) is 1.15. The number of hydrogen-bond acceptors (Lipinski definition) is 6. The fraction of sp³-hybridized carbons (Fsp3) is 0.556. The molecule has 0 bridgehead atoms. The normalized spacial score (nSPS) is 21.9. The summed E-state index contributed by atoms with van der Waals surface area (Å²) in [5.41, 5.74) is 0.754. The highest BCUT2D eigenvalue weighted by Gasteiger charge is 2.51. The highest BCUT2D eigenvalue weighted by atomic mass is 16.5. The summed E-state index contributed by atoms with van der Waals surface area (Å²) in [7, 11) is 0. The molecule has 2 saturated heterocycles. The lowest BCUT2D eigenvalue weighted by molar-refractivity contribution is 0.00943. The first-order valence-electron chi connectivity index (χ1n) is 9.06. The zero-order valence-electron chi connectivity index (χ0n) is 14.9. The van der Waals surface area contributed by atoms with Crippen molar-refractivity contribution in [3.63, 3.8) is 0 Å². The number of carbonyl (C=O) groups excluding carboxylic acids is 1. The van der Waals surface area contributed by atoms with Crippen LogP contribution in [0, 0.1) is 5.41 Å². The van der Waals surface area contributed by atoms with Gasteiger partial charge in [0.1, 0.15) is 0 Å². The average Bonchev–Trinajstić information content (AvgIpc) is 3.29. The second kappa shape index (κ2) is 7.03. The minimum absolute atomic E-state index is 0.0203. The smallest absolute Gasteiger partial charge is 0.317 e. The first kappa shape index (κ1) is 17.0. The van der Waals surface area contributed by atoms with Crippen molar-refractivity contribution in [3.8, 4) is 11.4 Å². The third kappa shape index (κ3) is 3.05. The lowest BCUT2D eigenvalue weighted by atomic mass is 9.72. The van der Waals surface area contributed by atoms with E-state index in [1.54, 1.807) is 12.4 Å². The van der Waals surface area contributed by atoms with Crippen LogP contribution in [-0.4, -0.2) is 58.9 Å². The number of nitrogens with zero attached hydrogens (tertiary/aromatic N) is 4. The Bertz CT molecular complexity index is 757. The van der Waals surface area contributed by atoms with Crippen LogP contribution >= 0.6 is 0 Å². The Kier molecular flexibility index (Phi) is 4.58. The number of hydrogen-bond donors (Lipinski definition) is 1. The van der Waals surface area contributed by atoms with E-state index < -0.39 is 0 Å². The molecule has 0 radical (unpaired) electrons. The van der Waals surface area contributed by atoms with Gasteiger partial charge in [-0.1, -0.05) is 5.16 Å². The van der Waals surface area contributed by atoms with E-state index in [4.69, 9.17) is 9.26 Å². The lowest BCUT2D eigenvalue weighted by Crippen LogP contribution is -2.41. The van der Waals surface area contributed by atoms with Crippen molar-refractivity contribution >= 4 is 6.03 Å². The molecule has 0 aliphatic carbocycles. The van der Waals surface area contributed by atoms with Crippen LogP contribution in [0.4, 0.5) is 4.79 Å². The molecule has 0 saturated carbocycles. The Balaban J connectivity index is 1.62. The van der Waals surface area contributed by atoms with E-state index in [1.807, 2.05) is 24.0 Å². The van der Waals surface area contributed by atoms with Crippen LogP contribution < -0.4 is 5.32 Å². The van der Waals surface area contributed by atoms with E-state index in [-0.39, 0.29) is 17.4 Å². The number of nitrogens with one attached hydrogen (secondary N) is 1. The summed E-state index contributed by atoms with van der Waals surface area (Å²) >= 11 is 0.